The van der Waals surface area contributed by atoms with Crippen LogP contribution in [0.2, 0.25) is 0 Å². The molecule has 1 aliphatic heterocycles. The van der Waals surface area contributed by atoms with Gasteiger partial charge in [0.2, 0.25) is 0 Å². The number of rotatable bonds is 1. The minimum absolute atomic E-state index is 0.188. The fourth-order valence-electron chi connectivity index (χ4n) is 1.47. The summed E-state index contributed by atoms with van der Waals surface area (Å²) in [7, 11) is 0. The highest BCUT2D eigenvalue weighted by molar-refractivity contribution is 6.09. The van der Waals surface area contributed by atoms with Crippen LogP contribution in [-0.4, -0.2) is 22.2 Å². The van der Waals surface area contributed by atoms with E-state index in [0.29, 0.717) is 0 Å². The fraction of sp³-hybridized carbons (Fsp3) is 0.417. The molecule has 0 aromatic carbocycles. The molecular formula is C12H15N3. The standard InChI is InChI=1S/C12H15N3/c1-12(2,3)9-6-10(15-7-9)11-8-13-4-5-14-11/h4-6,8H,7H2,1-3H3. The first-order chi connectivity index (χ1) is 7.07. The molecule has 0 fully saturated rings. The number of hydrogen-bond acceptors (Lipinski definition) is 3. The van der Waals surface area contributed by atoms with Crippen LogP contribution < -0.4 is 0 Å². The van der Waals surface area contributed by atoms with Crippen molar-refractivity contribution < 1.29 is 0 Å². The molecule has 2 rings (SSSR count). The Labute approximate surface area is 90.0 Å². The normalized spacial score (nSPS) is 16.2. The maximum atomic E-state index is 4.48. The maximum absolute atomic E-state index is 4.48. The summed E-state index contributed by atoms with van der Waals surface area (Å²) in [4.78, 5) is 12.8. The molecule has 0 spiro atoms. The lowest BCUT2D eigenvalue weighted by Gasteiger charge is -2.18. The molecule has 1 aromatic rings. The summed E-state index contributed by atoms with van der Waals surface area (Å²) < 4.78 is 0. The zero-order valence-electron chi connectivity index (χ0n) is 9.36. The van der Waals surface area contributed by atoms with Crippen molar-refractivity contribution in [1.29, 1.82) is 0 Å². The Morgan fingerprint density at radius 3 is 2.53 bits per heavy atom. The first kappa shape index (κ1) is 10.0. The summed E-state index contributed by atoms with van der Waals surface area (Å²) in [6.45, 7) is 7.39. The Balaban J connectivity index is 2.26. The fourth-order valence-corrected chi connectivity index (χ4v) is 1.47. The summed E-state index contributed by atoms with van der Waals surface area (Å²) in [5, 5.41) is 0. The van der Waals surface area contributed by atoms with Gasteiger partial charge < -0.3 is 0 Å². The minimum atomic E-state index is 0.188. The first-order valence-corrected chi connectivity index (χ1v) is 5.09. The van der Waals surface area contributed by atoms with Crippen LogP contribution in [0.5, 0.6) is 0 Å². The number of allylic oxidation sites excluding steroid dienone is 1. The second-order valence-corrected chi connectivity index (χ2v) is 4.71. The Kier molecular flexibility index (Phi) is 2.39. The van der Waals surface area contributed by atoms with Crippen LogP contribution in [0.4, 0.5) is 0 Å². The molecule has 78 valence electrons. The molecule has 0 saturated heterocycles. The Morgan fingerprint density at radius 1 is 1.20 bits per heavy atom. The van der Waals surface area contributed by atoms with Crippen molar-refractivity contribution in [2.24, 2.45) is 10.4 Å². The van der Waals surface area contributed by atoms with E-state index >= 15 is 0 Å². The van der Waals surface area contributed by atoms with Gasteiger partial charge in [-0.3, -0.25) is 15.0 Å². The van der Waals surface area contributed by atoms with Gasteiger partial charge in [0.1, 0.15) is 5.69 Å². The lowest BCUT2D eigenvalue weighted by molar-refractivity contribution is 0.499. The van der Waals surface area contributed by atoms with Crippen LogP contribution in [0.3, 0.4) is 0 Å². The summed E-state index contributed by atoms with van der Waals surface area (Å²) >= 11 is 0. The van der Waals surface area contributed by atoms with Gasteiger partial charge in [-0.05, 0) is 17.1 Å². The van der Waals surface area contributed by atoms with E-state index in [4.69, 9.17) is 0 Å². The summed E-state index contributed by atoms with van der Waals surface area (Å²) in [6.07, 6.45) is 7.25. The van der Waals surface area contributed by atoms with Gasteiger partial charge in [-0.15, -0.1) is 0 Å². The van der Waals surface area contributed by atoms with E-state index in [0.717, 1.165) is 18.0 Å². The molecule has 0 saturated carbocycles. The average Bonchev–Trinajstić information content (AvgIpc) is 2.67. The lowest BCUT2D eigenvalue weighted by atomic mass is 9.86. The highest BCUT2D eigenvalue weighted by Gasteiger charge is 2.21. The topological polar surface area (TPSA) is 38.1 Å². The monoisotopic (exact) mass is 201 g/mol. The molecule has 2 heterocycles. The predicted octanol–water partition coefficient (Wildman–Crippen LogP) is 2.25. The van der Waals surface area contributed by atoms with Gasteiger partial charge in [-0.1, -0.05) is 20.8 Å². The molecule has 0 aliphatic carbocycles. The SMILES string of the molecule is CC(C)(C)C1=CC(c2cnccn2)=NC1. The molecule has 3 nitrogen and oxygen atoms in total. The molecule has 1 aromatic heterocycles. The van der Waals surface area contributed by atoms with E-state index in [2.05, 4.69) is 41.8 Å². The van der Waals surface area contributed by atoms with E-state index in [1.54, 1.807) is 18.6 Å². The third-order valence-electron chi connectivity index (χ3n) is 2.52. The molecule has 0 unspecified atom stereocenters. The zero-order chi connectivity index (χ0) is 10.9. The van der Waals surface area contributed by atoms with Crippen molar-refractivity contribution in [3.8, 4) is 0 Å². The minimum Gasteiger partial charge on any atom is -0.279 e. The first-order valence-electron chi connectivity index (χ1n) is 5.09. The van der Waals surface area contributed by atoms with Crippen LogP contribution in [-0.2, 0) is 0 Å². The molecule has 15 heavy (non-hydrogen) atoms. The summed E-state index contributed by atoms with van der Waals surface area (Å²) in [6, 6.07) is 0. The average molecular weight is 201 g/mol. The van der Waals surface area contributed by atoms with Crippen molar-refractivity contribution >= 4 is 5.71 Å². The molecule has 0 bridgehead atoms. The number of hydrogen-bond donors (Lipinski definition) is 0. The van der Waals surface area contributed by atoms with Crippen molar-refractivity contribution in [2.75, 3.05) is 6.54 Å². The second-order valence-electron chi connectivity index (χ2n) is 4.71. The van der Waals surface area contributed by atoms with E-state index in [9.17, 15) is 0 Å². The van der Waals surface area contributed by atoms with Crippen LogP contribution in [0.1, 0.15) is 26.5 Å². The van der Waals surface area contributed by atoms with Gasteiger partial charge >= 0.3 is 0 Å². The number of aromatic nitrogens is 2. The molecular weight excluding hydrogens is 186 g/mol. The largest absolute Gasteiger partial charge is 0.279 e. The number of nitrogens with zero attached hydrogens (tertiary/aromatic N) is 3. The zero-order valence-corrected chi connectivity index (χ0v) is 9.36. The van der Waals surface area contributed by atoms with Gasteiger partial charge in [0, 0.05) is 12.4 Å². The van der Waals surface area contributed by atoms with Crippen LogP contribution >= 0.6 is 0 Å². The van der Waals surface area contributed by atoms with Crippen molar-refractivity contribution in [2.45, 2.75) is 20.8 Å². The third-order valence-corrected chi connectivity index (χ3v) is 2.52. The maximum Gasteiger partial charge on any atom is 0.106 e. The summed E-state index contributed by atoms with van der Waals surface area (Å²) in [5.41, 5.74) is 3.35. The van der Waals surface area contributed by atoms with Crippen LogP contribution in [0.25, 0.3) is 0 Å². The Morgan fingerprint density at radius 2 is 2.00 bits per heavy atom. The molecule has 1 aliphatic rings. The van der Waals surface area contributed by atoms with Crippen LogP contribution in [0, 0.1) is 5.41 Å². The lowest BCUT2D eigenvalue weighted by Crippen LogP contribution is -2.10. The highest BCUT2D eigenvalue weighted by Crippen LogP contribution is 2.28. The quantitative estimate of drug-likeness (QED) is 0.699. The van der Waals surface area contributed by atoms with Gasteiger partial charge in [0.25, 0.3) is 0 Å². The van der Waals surface area contributed by atoms with Crippen molar-refractivity contribution in [1.82, 2.24) is 9.97 Å². The summed E-state index contributed by atoms with van der Waals surface area (Å²) in [5.74, 6) is 0. The third kappa shape index (κ3) is 2.12. The van der Waals surface area contributed by atoms with E-state index in [1.165, 1.54) is 5.57 Å². The molecule has 0 atom stereocenters. The Bertz CT molecular complexity index is 410. The van der Waals surface area contributed by atoms with Crippen LogP contribution in [0.15, 0.2) is 35.2 Å². The smallest absolute Gasteiger partial charge is 0.106 e. The Hall–Kier alpha value is -1.51. The van der Waals surface area contributed by atoms with Gasteiger partial charge in [0.05, 0.1) is 18.5 Å². The molecule has 0 N–H and O–H groups in total. The molecule has 0 amide bonds. The van der Waals surface area contributed by atoms with Crippen molar-refractivity contribution in [3.63, 3.8) is 0 Å². The second kappa shape index (κ2) is 3.57. The van der Waals surface area contributed by atoms with Gasteiger partial charge in [-0.25, -0.2) is 0 Å². The van der Waals surface area contributed by atoms with Gasteiger partial charge in [-0.2, -0.15) is 0 Å². The molecule has 0 radical (unpaired) electrons. The highest BCUT2D eigenvalue weighted by atomic mass is 14.8. The van der Waals surface area contributed by atoms with E-state index in [1.807, 2.05) is 0 Å². The van der Waals surface area contributed by atoms with E-state index in [-0.39, 0.29) is 5.41 Å². The van der Waals surface area contributed by atoms with E-state index < -0.39 is 0 Å². The number of aliphatic imine (C=N–C) groups is 1. The predicted molar refractivity (Wildman–Crippen MR) is 61.0 cm³/mol. The van der Waals surface area contributed by atoms with Gasteiger partial charge in [0.15, 0.2) is 0 Å². The van der Waals surface area contributed by atoms with Crippen molar-refractivity contribution in [3.05, 3.63) is 35.9 Å². The molecule has 3 heteroatoms.